The number of hydrogen-bond acceptors (Lipinski definition) is 3. The molecule has 2 aliphatic rings. The van der Waals surface area contributed by atoms with Gasteiger partial charge in [0.2, 0.25) is 11.8 Å². The van der Waals surface area contributed by atoms with Crippen LogP contribution < -0.4 is 5.32 Å². The highest BCUT2D eigenvalue weighted by atomic mass is 35.5. The Balaban J connectivity index is 1.61. The first-order valence-corrected chi connectivity index (χ1v) is 11.2. The number of carbonyl (C=O) groups excluding carboxylic acids is 3. The summed E-state index contributed by atoms with van der Waals surface area (Å²) in [7, 11) is 0. The topological polar surface area (TPSA) is 69.7 Å². The lowest BCUT2D eigenvalue weighted by molar-refractivity contribution is -0.142. The summed E-state index contributed by atoms with van der Waals surface area (Å²) in [6.45, 7) is 8.95. The van der Waals surface area contributed by atoms with Gasteiger partial charge >= 0.3 is 0 Å². The van der Waals surface area contributed by atoms with Gasteiger partial charge < -0.3 is 15.1 Å². The second-order valence-electron chi connectivity index (χ2n) is 9.64. The van der Waals surface area contributed by atoms with Crippen molar-refractivity contribution in [2.24, 2.45) is 11.3 Å². The lowest BCUT2D eigenvalue weighted by Gasteiger charge is -2.41. The highest BCUT2D eigenvalue weighted by molar-refractivity contribution is 6.30. The Morgan fingerprint density at radius 3 is 2.38 bits per heavy atom. The molecule has 2 heterocycles. The normalized spacial score (nSPS) is 19.6. The zero-order valence-corrected chi connectivity index (χ0v) is 19.6. The van der Waals surface area contributed by atoms with Crippen LogP contribution in [0.2, 0.25) is 5.02 Å². The zero-order chi connectivity index (χ0) is 23.2. The van der Waals surface area contributed by atoms with Gasteiger partial charge in [-0.2, -0.15) is 0 Å². The van der Waals surface area contributed by atoms with E-state index in [9.17, 15) is 14.4 Å². The standard InChI is InChI=1S/C25H28ClN3O3/c1-15(25(2,3)4)23(31)28-11-12-29-21(14-28)22(30)27-20-10-7-17(13-19(20)24(29)32)16-5-8-18(26)9-6-16/h5-10,13,15,21H,11-12,14H2,1-4H3,(H,27,30)/t15-,21?/m1/s1. The first-order chi connectivity index (χ1) is 15.1. The SMILES string of the molecule is C[C@H](C(=O)N1CCN2C(=O)c3cc(-c4ccc(Cl)cc4)ccc3NC(=O)C2C1)C(C)(C)C. The molecule has 1 N–H and O–H groups in total. The predicted octanol–water partition coefficient (Wildman–Crippen LogP) is 4.29. The molecule has 0 radical (unpaired) electrons. The van der Waals surface area contributed by atoms with Crippen LogP contribution >= 0.6 is 11.6 Å². The maximum absolute atomic E-state index is 13.4. The fourth-order valence-corrected chi connectivity index (χ4v) is 4.24. The summed E-state index contributed by atoms with van der Waals surface area (Å²) in [6, 6.07) is 12.1. The van der Waals surface area contributed by atoms with Crippen LogP contribution in [0.3, 0.4) is 0 Å². The zero-order valence-electron chi connectivity index (χ0n) is 18.8. The Morgan fingerprint density at radius 1 is 1.06 bits per heavy atom. The van der Waals surface area contributed by atoms with Crippen LogP contribution in [0, 0.1) is 11.3 Å². The Labute approximate surface area is 193 Å². The molecule has 32 heavy (non-hydrogen) atoms. The number of amides is 3. The number of anilines is 1. The molecular weight excluding hydrogens is 426 g/mol. The molecule has 2 atom stereocenters. The number of fused-ring (bicyclic) bond motifs is 2. The summed E-state index contributed by atoms with van der Waals surface area (Å²) in [4.78, 5) is 42.8. The lowest BCUT2D eigenvalue weighted by atomic mass is 9.81. The summed E-state index contributed by atoms with van der Waals surface area (Å²) in [5.41, 5.74) is 2.58. The van der Waals surface area contributed by atoms with E-state index in [0.29, 0.717) is 29.4 Å². The predicted molar refractivity (Wildman–Crippen MR) is 126 cm³/mol. The van der Waals surface area contributed by atoms with E-state index in [1.165, 1.54) is 0 Å². The van der Waals surface area contributed by atoms with Gasteiger partial charge in [0, 0.05) is 24.0 Å². The van der Waals surface area contributed by atoms with Gasteiger partial charge in [0.05, 0.1) is 17.8 Å². The molecule has 0 saturated carbocycles. The fourth-order valence-electron chi connectivity index (χ4n) is 4.12. The molecule has 1 fully saturated rings. The van der Waals surface area contributed by atoms with Crippen LogP contribution in [0.15, 0.2) is 42.5 Å². The van der Waals surface area contributed by atoms with Crippen LogP contribution in [0.1, 0.15) is 38.1 Å². The summed E-state index contributed by atoms with van der Waals surface area (Å²) < 4.78 is 0. The van der Waals surface area contributed by atoms with E-state index < -0.39 is 6.04 Å². The van der Waals surface area contributed by atoms with E-state index in [1.54, 1.807) is 28.0 Å². The smallest absolute Gasteiger partial charge is 0.256 e. The number of carbonyl (C=O) groups is 3. The van der Waals surface area contributed by atoms with Crippen molar-refractivity contribution in [1.82, 2.24) is 9.80 Å². The molecule has 7 heteroatoms. The maximum atomic E-state index is 13.4. The Kier molecular flexibility index (Phi) is 5.76. The van der Waals surface area contributed by atoms with Crippen molar-refractivity contribution in [2.45, 2.75) is 33.7 Å². The Bertz CT molecular complexity index is 1070. The minimum atomic E-state index is -0.709. The van der Waals surface area contributed by atoms with Gasteiger partial charge in [-0.25, -0.2) is 0 Å². The molecule has 3 amide bonds. The van der Waals surface area contributed by atoms with Gasteiger partial charge in [-0.15, -0.1) is 0 Å². The summed E-state index contributed by atoms with van der Waals surface area (Å²) in [5.74, 6) is -0.630. The van der Waals surface area contributed by atoms with Crippen LogP contribution in [0.25, 0.3) is 11.1 Å². The summed E-state index contributed by atoms with van der Waals surface area (Å²) in [5, 5.41) is 3.54. The van der Waals surface area contributed by atoms with Crippen LogP contribution in [-0.2, 0) is 9.59 Å². The van der Waals surface area contributed by atoms with Gasteiger partial charge in [0.25, 0.3) is 5.91 Å². The van der Waals surface area contributed by atoms with Crippen molar-refractivity contribution in [3.8, 4) is 11.1 Å². The van der Waals surface area contributed by atoms with E-state index in [0.717, 1.165) is 11.1 Å². The average molecular weight is 454 g/mol. The van der Waals surface area contributed by atoms with Crippen molar-refractivity contribution in [2.75, 3.05) is 25.0 Å². The van der Waals surface area contributed by atoms with Crippen molar-refractivity contribution in [3.63, 3.8) is 0 Å². The highest BCUT2D eigenvalue weighted by Crippen LogP contribution is 2.32. The molecule has 1 saturated heterocycles. The fraction of sp³-hybridized carbons (Fsp3) is 0.400. The van der Waals surface area contributed by atoms with Gasteiger partial charge in [-0.3, -0.25) is 14.4 Å². The third-order valence-electron chi connectivity index (χ3n) is 6.61. The van der Waals surface area contributed by atoms with Gasteiger partial charge in [-0.1, -0.05) is 57.5 Å². The van der Waals surface area contributed by atoms with Crippen molar-refractivity contribution >= 4 is 35.0 Å². The van der Waals surface area contributed by atoms with E-state index in [2.05, 4.69) is 5.32 Å². The molecular formula is C25H28ClN3O3. The molecule has 1 unspecified atom stereocenters. The van der Waals surface area contributed by atoms with Crippen LogP contribution in [-0.4, -0.2) is 53.2 Å². The minimum absolute atomic E-state index is 0.0178. The second-order valence-corrected chi connectivity index (χ2v) is 10.1. The average Bonchev–Trinajstić information content (AvgIpc) is 2.86. The number of piperazine rings is 1. The number of nitrogens with zero attached hydrogens (tertiary/aromatic N) is 2. The number of rotatable bonds is 2. The van der Waals surface area contributed by atoms with E-state index in [4.69, 9.17) is 11.6 Å². The quantitative estimate of drug-likeness (QED) is 0.737. The largest absolute Gasteiger partial charge is 0.338 e. The molecule has 168 valence electrons. The Hall–Kier alpha value is -2.86. The molecule has 2 aromatic rings. The number of halogens is 1. The van der Waals surface area contributed by atoms with E-state index in [1.807, 2.05) is 52.0 Å². The first-order valence-electron chi connectivity index (χ1n) is 10.9. The lowest BCUT2D eigenvalue weighted by Crippen LogP contribution is -2.60. The van der Waals surface area contributed by atoms with Crippen molar-refractivity contribution < 1.29 is 14.4 Å². The molecule has 0 spiro atoms. The van der Waals surface area contributed by atoms with Crippen LogP contribution in [0.5, 0.6) is 0 Å². The first kappa shape index (κ1) is 22.3. The molecule has 0 bridgehead atoms. The second kappa shape index (κ2) is 8.24. The highest BCUT2D eigenvalue weighted by Gasteiger charge is 2.42. The third-order valence-corrected chi connectivity index (χ3v) is 6.86. The van der Waals surface area contributed by atoms with Gasteiger partial charge in [-0.05, 0) is 40.8 Å². The molecule has 0 aliphatic carbocycles. The number of benzene rings is 2. The van der Waals surface area contributed by atoms with E-state index in [-0.39, 0.29) is 35.6 Å². The molecule has 2 aliphatic heterocycles. The number of nitrogens with one attached hydrogen (secondary N) is 1. The van der Waals surface area contributed by atoms with Gasteiger partial charge in [0.15, 0.2) is 0 Å². The van der Waals surface area contributed by atoms with Crippen molar-refractivity contribution in [3.05, 3.63) is 53.1 Å². The minimum Gasteiger partial charge on any atom is -0.338 e. The molecule has 0 aromatic heterocycles. The molecule has 2 aromatic carbocycles. The summed E-state index contributed by atoms with van der Waals surface area (Å²) in [6.07, 6.45) is 0. The maximum Gasteiger partial charge on any atom is 0.256 e. The Morgan fingerprint density at radius 2 is 1.72 bits per heavy atom. The van der Waals surface area contributed by atoms with Crippen molar-refractivity contribution in [1.29, 1.82) is 0 Å². The summed E-state index contributed by atoms with van der Waals surface area (Å²) >= 11 is 5.99. The van der Waals surface area contributed by atoms with Gasteiger partial charge in [0.1, 0.15) is 6.04 Å². The van der Waals surface area contributed by atoms with Crippen LogP contribution in [0.4, 0.5) is 5.69 Å². The van der Waals surface area contributed by atoms with E-state index >= 15 is 0 Å². The third kappa shape index (κ3) is 4.11. The molecule has 6 nitrogen and oxygen atoms in total. The molecule has 4 rings (SSSR count). The number of hydrogen-bond donors (Lipinski definition) is 1. The monoisotopic (exact) mass is 453 g/mol.